The summed E-state index contributed by atoms with van der Waals surface area (Å²) in [6.45, 7) is 5.82. The number of unbranched alkanes of at least 4 members (excludes halogenated alkanes) is 2. The van der Waals surface area contributed by atoms with Crippen LogP contribution >= 0.6 is 0 Å². The third-order valence-electron chi connectivity index (χ3n) is 1.33. The van der Waals surface area contributed by atoms with Gasteiger partial charge in [0.05, 0.1) is 0 Å². The topological polar surface area (TPSA) is 0 Å². The van der Waals surface area contributed by atoms with Crippen molar-refractivity contribution in [3.8, 4) is 0 Å². The first-order valence-corrected chi connectivity index (χ1v) is 4.01. The zero-order valence-electron chi connectivity index (χ0n) is 7.84. The van der Waals surface area contributed by atoms with Crippen molar-refractivity contribution in [3.63, 3.8) is 0 Å². The molecule has 1 heteroatoms. The molecule has 0 fully saturated rings. The zero-order valence-corrected chi connectivity index (χ0v) is 12.8. The minimum Gasteiger partial charge on any atom is -0.245 e. The number of hydrogen-bond donors (Lipinski definition) is 0. The molecule has 0 heterocycles. The van der Waals surface area contributed by atoms with Crippen molar-refractivity contribution in [1.82, 2.24) is 0 Å². The van der Waals surface area contributed by atoms with Gasteiger partial charge in [0.1, 0.15) is 0 Å². The van der Waals surface area contributed by atoms with Gasteiger partial charge in [-0.15, -0.1) is 6.08 Å². The Morgan fingerprint density at radius 2 is 1.91 bits per heavy atom. The van der Waals surface area contributed by atoms with Gasteiger partial charge < -0.3 is 0 Å². The SMILES string of the molecule is [CH2-]C=CCC=CCCCC.[Rb+]. The van der Waals surface area contributed by atoms with E-state index in [9.17, 15) is 0 Å². The second-order valence-corrected chi connectivity index (χ2v) is 2.32. The summed E-state index contributed by atoms with van der Waals surface area (Å²) in [4.78, 5) is 0. The van der Waals surface area contributed by atoms with E-state index < -0.39 is 0 Å². The fourth-order valence-corrected chi connectivity index (χ4v) is 0.711. The van der Waals surface area contributed by atoms with E-state index in [0.717, 1.165) is 6.42 Å². The van der Waals surface area contributed by atoms with E-state index in [1.807, 2.05) is 6.08 Å². The maximum Gasteiger partial charge on any atom is 1.00 e. The van der Waals surface area contributed by atoms with Gasteiger partial charge in [-0.3, -0.25) is 0 Å². The number of hydrogen-bond acceptors (Lipinski definition) is 0. The molecule has 0 amide bonds. The Morgan fingerprint density at radius 3 is 2.45 bits per heavy atom. The van der Waals surface area contributed by atoms with Gasteiger partial charge in [0.15, 0.2) is 0 Å². The van der Waals surface area contributed by atoms with Crippen molar-refractivity contribution in [2.45, 2.75) is 32.6 Å². The van der Waals surface area contributed by atoms with Crippen molar-refractivity contribution >= 4 is 0 Å². The maximum absolute atomic E-state index is 3.61. The summed E-state index contributed by atoms with van der Waals surface area (Å²) in [5, 5.41) is 0. The Morgan fingerprint density at radius 1 is 1.18 bits per heavy atom. The van der Waals surface area contributed by atoms with Gasteiger partial charge in [0.2, 0.25) is 0 Å². The van der Waals surface area contributed by atoms with Crippen LogP contribution in [0.5, 0.6) is 0 Å². The first kappa shape index (κ1) is 14.7. The van der Waals surface area contributed by atoms with Crippen LogP contribution in [-0.4, -0.2) is 0 Å². The largest absolute Gasteiger partial charge is 1.00 e. The van der Waals surface area contributed by atoms with Crippen LogP contribution in [0.2, 0.25) is 0 Å². The van der Waals surface area contributed by atoms with E-state index in [2.05, 4.69) is 32.1 Å². The molecule has 0 aliphatic carbocycles. The predicted octanol–water partition coefficient (Wildman–Crippen LogP) is 0.517. The molecule has 0 saturated heterocycles. The van der Waals surface area contributed by atoms with Crippen LogP contribution in [0.3, 0.4) is 0 Å². The first-order chi connectivity index (χ1) is 4.91. The van der Waals surface area contributed by atoms with E-state index in [-0.39, 0.29) is 58.2 Å². The van der Waals surface area contributed by atoms with Crippen LogP contribution in [0.25, 0.3) is 0 Å². The van der Waals surface area contributed by atoms with Crippen LogP contribution in [0, 0.1) is 6.92 Å². The molecule has 0 aliphatic rings. The fraction of sp³-hybridized carbons (Fsp3) is 0.500. The summed E-state index contributed by atoms with van der Waals surface area (Å²) < 4.78 is 0. The van der Waals surface area contributed by atoms with Gasteiger partial charge in [0, 0.05) is 0 Å². The van der Waals surface area contributed by atoms with Crippen molar-refractivity contribution in [1.29, 1.82) is 0 Å². The van der Waals surface area contributed by atoms with Crippen LogP contribution < -0.4 is 58.2 Å². The molecule has 11 heavy (non-hydrogen) atoms. The van der Waals surface area contributed by atoms with E-state index in [4.69, 9.17) is 0 Å². The molecule has 0 aromatic rings. The molecule has 0 N–H and O–H groups in total. The molecular formula is C10H17Rb. The monoisotopic (exact) mass is 222 g/mol. The molecule has 0 unspecified atom stereocenters. The van der Waals surface area contributed by atoms with Crippen molar-refractivity contribution < 1.29 is 58.2 Å². The van der Waals surface area contributed by atoms with E-state index >= 15 is 0 Å². The minimum atomic E-state index is 0. The molecule has 58 valence electrons. The van der Waals surface area contributed by atoms with Gasteiger partial charge in [-0.25, -0.2) is 19.1 Å². The summed E-state index contributed by atoms with van der Waals surface area (Å²) in [5.74, 6) is 0. The van der Waals surface area contributed by atoms with Crippen molar-refractivity contribution in [3.05, 3.63) is 31.2 Å². The Hall–Kier alpha value is 1.16. The zero-order chi connectivity index (χ0) is 7.66. The normalized spacial score (nSPS) is 10.6. The standard InChI is InChI=1S/C10H17.Rb/c1-3-5-7-9-10-8-6-4-2;/h3,5,9-10H,1,4,6-8H2,2H3;/q-1;+1. The van der Waals surface area contributed by atoms with E-state index in [1.165, 1.54) is 19.3 Å². The molecule has 0 saturated carbocycles. The average Bonchev–Trinajstić information content (AvgIpc) is 1.97. The second kappa shape index (κ2) is 13.7. The molecule has 0 nitrogen and oxygen atoms in total. The Kier molecular flexibility index (Phi) is 18.3. The Labute approximate surface area is 120 Å². The smallest absolute Gasteiger partial charge is 0.245 e. The third-order valence-corrected chi connectivity index (χ3v) is 1.33. The first-order valence-electron chi connectivity index (χ1n) is 4.01. The van der Waals surface area contributed by atoms with Crippen LogP contribution in [0.4, 0.5) is 0 Å². The predicted molar refractivity (Wildman–Crippen MR) is 47.8 cm³/mol. The van der Waals surface area contributed by atoms with Crippen LogP contribution in [0.15, 0.2) is 24.3 Å². The molecule has 0 aromatic heterocycles. The van der Waals surface area contributed by atoms with Gasteiger partial charge in [-0.05, 0) is 6.42 Å². The number of rotatable bonds is 5. The molecular weight excluding hydrogens is 206 g/mol. The molecule has 0 radical (unpaired) electrons. The Bertz CT molecular complexity index is 103. The quantitative estimate of drug-likeness (QED) is 0.362. The molecule has 0 spiro atoms. The molecule has 0 aromatic carbocycles. The molecule has 0 bridgehead atoms. The summed E-state index contributed by atoms with van der Waals surface area (Å²) in [6, 6.07) is 0. The number of allylic oxidation sites excluding steroid dienone is 4. The van der Waals surface area contributed by atoms with Gasteiger partial charge in [0.25, 0.3) is 0 Å². The van der Waals surface area contributed by atoms with E-state index in [0.29, 0.717) is 0 Å². The average molecular weight is 223 g/mol. The fourth-order valence-electron chi connectivity index (χ4n) is 0.711. The van der Waals surface area contributed by atoms with Crippen LogP contribution in [-0.2, 0) is 0 Å². The molecule has 0 atom stereocenters. The van der Waals surface area contributed by atoms with Gasteiger partial charge >= 0.3 is 58.2 Å². The Balaban J connectivity index is 0. The van der Waals surface area contributed by atoms with Gasteiger partial charge in [-0.2, -0.15) is 0 Å². The summed E-state index contributed by atoms with van der Waals surface area (Å²) in [7, 11) is 0. The summed E-state index contributed by atoms with van der Waals surface area (Å²) >= 11 is 0. The maximum atomic E-state index is 3.61. The summed E-state index contributed by atoms with van der Waals surface area (Å²) in [5.41, 5.74) is 0. The molecule has 0 rings (SSSR count). The van der Waals surface area contributed by atoms with Crippen molar-refractivity contribution in [2.75, 3.05) is 0 Å². The minimum absolute atomic E-state index is 0. The van der Waals surface area contributed by atoms with Crippen LogP contribution in [0.1, 0.15) is 32.6 Å². The van der Waals surface area contributed by atoms with Crippen molar-refractivity contribution in [2.24, 2.45) is 0 Å². The molecule has 0 aliphatic heterocycles. The third kappa shape index (κ3) is 14.1. The van der Waals surface area contributed by atoms with Gasteiger partial charge in [-0.1, -0.05) is 32.3 Å². The van der Waals surface area contributed by atoms with E-state index in [1.54, 1.807) is 0 Å². The second-order valence-electron chi connectivity index (χ2n) is 2.32. The summed E-state index contributed by atoms with van der Waals surface area (Å²) in [6.07, 6.45) is 13.2.